The van der Waals surface area contributed by atoms with Crippen LogP contribution < -0.4 is 5.32 Å². The number of carboxylic acid groups (broad SMARTS) is 1. The van der Waals surface area contributed by atoms with Crippen LogP contribution in [-0.2, 0) is 9.59 Å². The average Bonchev–Trinajstić information content (AvgIpc) is 2.44. The zero-order valence-electron chi connectivity index (χ0n) is 14.8. The number of nitrogens with one attached hydrogen (secondary N) is 1. The number of amides is 1. The molecule has 125 valence electrons. The molecule has 0 aliphatic rings. The van der Waals surface area contributed by atoms with Crippen LogP contribution in [0.25, 0.3) is 0 Å². The van der Waals surface area contributed by atoms with Gasteiger partial charge in [-0.15, -0.1) is 0 Å². The second kappa shape index (κ2) is 17.3. The Morgan fingerprint density at radius 1 is 0.864 bits per heavy atom. The summed E-state index contributed by atoms with van der Waals surface area (Å²) in [4.78, 5) is 22.0. The average molecular weight is 322 g/mol. The van der Waals surface area contributed by atoms with Crippen LogP contribution >= 0.6 is 0 Å². The first-order valence-corrected chi connectivity index (χ1v) is 8.60. The number of hydrogen-bond donors (Lipinski definition) is 2. The van der Waals surface area contributed by atoms with E-state index in [-0.39, 0.29) is 35.5 Å². The van der Waals surface area contributed by atoms with E-state index in [4.69, 9.17) is 5.11 Å². The maximum Gasteiger partial charge on any atom is 0.325 e. The van der Waals surface area contributed by atoms with Gasteiger partial charge in [-0.25, -0.2) is 0 Å². The van der Waals surface area contributed by atoms with E-state index in [0.717, 1.165) is 12.8 Å². The van der Waals surface area contributed by atoms with Crippen molar-refractivity contribution in [2.45, 2.75) is 96.9 Å². The van der Waals surface area contributed by atoms with Gasteiger partial charge in [-0.05, 0) is 13.3 Å². The topological polar surface area (TPSA) is 66.4 Å². The van der Waals surface area contributed by atoms with Crippen molar-refractivity contribution >= 4 is 41.4 Å². The smallest absolute Gasteiger partial charge is 0.325 e. The Labute approximate surface area is 158 Å². The zero-order chi connectivity index (χ0) is 15.9. The Morgan fingerprint density at radius 2 is 1.27 bits per heavy atom. The fourth-order valence-electron chi connectivity index (χ4n) is 2.33. The van der Waals surface area contributed by atoms with Crippen LogP contribution in [0.2, 0.25) is 0 Å². The minimum atomic E-state index is -0.984. The molecule has 22 heavy (non-hydrogen) atoms. The van der Waals surface area contributed by atoms with Gasteiger partial charge in [0.1, 0.15) is 6.04 Å². The van der Waals surface area contributed by atoms with E-state index in [2.05, 4.69) is 12.2 Å². The van der Waals surface area contributed by atoms with Crippen molar-refractivity contribution in [1.29, 1.82) is 0 Å². The molecule has 0 spiro atoms. The van der Waals surface area contributed by atoms with Crippen LogP contribution in [-0.4, -0.2) is 52.6 Å². The number of hydrogen-bond acceptors (Lipinski definition) is 2. The molecule has 0 bridgehead atoms. The van der Waals surface area contributed by atoms with Crippen molar-refractivity contribution < 1.29 is 14.7 Å². The second-order valence-corrected chi connectivity index (χ2v) is 5.91. The van der Waals surface area contributed by atoms with Gasteiger partial charge in [0.15, 0.2) is 0 Å². The predicted molar refractivity (Wildman–Crippen MR) is 92.1 cm³/mol. The fraction of sp³-hybridized carbons (Fsp3) is 0.882. The molecule has 0 aliphatic carbocycles. The van der Waals surface area contributed by atoms with E-state index in [0.29, 0.717) is 6.42 Å². The predicted octanol–water partition coefficient (Wildman–Crippen LogP) is 3.90. The van der Waals surface area contributed by atoms with Crippen molar-refractivity contribution in [2.75, 3.05) is 0 Å². The molecule has 0 aliphatic heterocycles. The zero-order valence-corrected chi connectivity index (χ0v) is 16.8. The van der Waals surface area contributed by atoms with E-state index < -0.39 is 12.0 Å². The molecule has 5 heteroatoms. The molecular weight excluding hydrogens is 289 g/mol. The SMILES string of the molecule is CCCCCCCCCCCCCC(=O)NC(C)C(=O)O.[Na]. The first kappa shape index (κ1) is 24.2. The van der Waals surface area contributed by atoms with Crippen molar-refractivity contribution in [3.63, 3.8) is 0 Å². The van der Waals surface area contributed by atoms with Crippen LogP contribution in [0.5, 0.6) is 0 Å². The third-order valence-corrected chi connectivity index (χ3v) is 3.76. The van der Waals surface area contributed by atoms with Crippen molar-refractivity contribution in [3.8, 4) is 0 Å². The molecule has 0 aromatic carbocycles. The maximum absolute atomic E-state index is 11.4. The molecule has 0 rings (SSSR count). The molecule has 1 amide bonds. The molecule has 0 saturated heterocycles. The summed E-state index contributed by atoms with van der Waals surface area (Å²) < 4.78 is 0. The molecule has 1 unspecified atom stereocenters. The van der Waals surface area contributed by atoms with Gasteiger partial charge >= 0.3 is 5.97 Å². The molecule has 2 N–H and O–H groups in total. The van der Waals surface area contributed by atoms with E-state index in [1.54, 1.807) is 0 Å². The van der Waals surface area contributed by atoms with Gasteiger partial charge < -0.3 is 10.4 Å². The Bertz CT molecular complexity index is 285. The minimum absolute atomic E-state index is 0. The number of carbonyl (C=O) groups is 2. The molecule has 0 heterocycles. The molecule has 0 aromatic rings. The summed E-state index contributed by atoms with van der Waals surface area (Å²) in [6, 6.07) is -0.787. The molecule has 0 aromatic heterocycles. The summed E-state index contributed by atoms with van der Waals surface area (Å²) in [7, 11) is 0. The summed E-state index contributed by atoms with van der Waals surface area (Å²) in [6.07, 6.45) is 14.2. The summed E-state index contributed by atoms with van der Waals surface area (Å²) in [5.74, 6) is -1.14. The van der Waals surface area contributed by atoms with Gasteiger partial charge in [-0.1, -0.05) is 71.1 Å². The van der Waals surface area contributed by atoms with Crippen LogP contribution in [0.4, 0.5) is 0 Å². The summed E-state index contributed by atoms with van der Waals surface area (Å²) in [5, 5.41) is 11.2. The van der Waals surface area contributed by atoms with Gasteiger partial charge in [0, 0.05) is 36.0 Å². The first-order chi connectivity index (χ1) is 10.1. The van der Waals surface area contributed by atoms with Gasteiger partial charge in [0.05, 0.1) is 0 Å². The Hall–Kier alpha value is -0.0600. The third-order valence-electron chi connectivity index (χ3n) is 3.76. The van der Waals surface area contributed by atoms with E-state index >= 15 is 0 Å². The summed E-state index contributed by atoms with van der Waals surface area (Å²) in [5.41, 5.74) is 0. The van der Waals surface area contributed by atoms with Crippen LogP contribution in [0.1, 0.15) is 90.9 Å². The second-order valence-electron chi connectivity index (χ2n) is 5.91. The monoisotopic (exact) mass is 322 g/mol. The standard InChI is InChI=1S/C17H33NO3.Na/c1-3-4-5-6-7-8-9-10-11-12-13-14-16(19)18-15(2)17(20)21;/h15H,3-14H2,1-2H3,(H,18,19)(H,20,21);. The van der Waals surface area contributed by atoms with Crippen LogP contribution in [0.3, 0.4) is 0 Å². The maximum atomic E-state index is 11.4. The number of aliphatic carboxylic acids is 1. The Balaban J connectivity index is 0. The van der Waals surface area contributed by atoms with E-state index in [1.165, 1.54) is 64.7 Å². The molecule has 4 nitrogen and oxygen atoms in total. The number of carboxylic acids is 1. The molecular formula is C17H33NNaO3. The fourth-order valence-corrected chi connectivity index (χ4v) is 2.33. The third kappa shape index (κ3) is 16.3. The number of carbonyl (C=O) groups excluding carboxylic acids is 1. The minimum Gasteiger partial charge on any atom is -0.480 e. The van der Waals surface area contributed by atoms with Gasteiger partial charge in [0.25, 0.3) is 0 Å². The Morgan fingerprint density at radius 3 is 1.68 bits per heavy atom. The summed E-state index contributed by atoms with van der Waals surface area (Å²) >= 11 is 0. The quantitative estimate of drug-likeness (QED) is 0.376. The van der Waals surface area contributed by atoms with Crippen LogP contribution in [0.15, 0.2) is 0 Å². The summed E-state index contributed by atoms with van der Waals surface area (Å²) in [6.45, 7) is 3.73. The van der Waals surface area contributed by atoms with E-state index in [1.807, 2.05) is 0 Å². The normalized spacial score (nSPS) is 11.5. The largest absolute Gasteiger partial charge is 0.480 e. The van der Waals surface area contributed by atoms with Crippen molar-refractivity contribution in [2.24, 2.45) is 0 Å². The van der Waals surface area contributed by atoms with Crippen molar-refractivity contribution in [3.05, 3.63) is 0 Å². The molecule has 0 fully saturated rings. The Kier molecular flexibility index (Phi) is 19.0. The van der Waals surface area contributed by atoms with Gasteiger partial charge in [-0.2, -0.15) is 0 Å². The number of unbranched alkanes of at least 4 members (excludes halogenated alkanes) is 10. The number of rotatable bonds is 14. The van der Waals surface area contributed by atoms with E-state index in [9.17, 15) is 9.59 Å². The molecule has 0 saturated carbocycles. The van der Waals surface area contributed by atoms with Gasteiger partial charge in [-0.3, -0.25) is 9.59 Å². The molecule has 1 radical (unpaired) electrons. The van der Waals surface area contributed by atoms with Crippen LogP contribution in [0, 0.1) is 0 Å². The first-order valence-electron chi connectivity index (χ1n) is 8.60. The van der Waals surface area contributed by atoms with Gasteiger partial charge in [0.2, 0.25) is 5.91 Å². The van der Waals surface area contributed by atoms with Crippen molar-refractivity contribution in [1.82, 2.24) is 5.32 Å². The molecule has 1 atom stereocenters.